The molecule has 0 spiro atoms. The molecule has 2 aromatic rings. The zero-order chi connectivity index (χ0) is 14.2. The minimum atomic E-state index is -0.276. The van der Waals surface area contributed by atoms with Gasteiger partial charge in [-0.25, -0.2) is 4.39 Å². The molecule has 0 atom stereocenters. The van der Waals surface area contributed by atoms with Crippen molar-refractivity contribution in [3.05, 3.63) is 65.5 Å². The van der Waals surface area contributed by atoms with Crippen molar-refractivity contribution in [2.75, 3.05) is 6.61 Å². The van der Waals surface area contributed by atoms with Crippen molar-refractivity contribution >= 4 is 0 Å². The molecule has 0 aliphatic heterocycles. The van der Waals surface area contributed by atoms with Crippen LogP contribution < -0.4 is 10.5 Å². The Bertz CT molecular complexity index is 528. The third kappa shape index (κ3) is 4.35. The molecular weight excluding hydrogens is 253 g/mol. The average molecular weight is 273 g/mol. The summed E-state index contributed by atoms with van der Waals surface area (Å²) in [6, 6.07) is 14.9. The van der Waals surface area contributed by atoms with Gasteiger partial charge in [-0.3, -0.25) is 0 Å². The number of nitrogens with two attached hydrogens (primary N) is 1. The van der Waals surface area contributed by atoms with Crippen LogP contribution in [0.15, 0.2) is 48.5 Å². The summed E-state index contributed by atoms with van der Waals surface area (Å²) >= 11 is 0. The maximum absolute atomic E-state index is 13.1. The molecule has 2 rings (SSSR count). The lowest BCUT2D eigenvalue weighted by molar-refractivity contribution is 0.303. The van der Waals surface area contributed by atoms with Crippen LogP contribution >= 0.6 is 0 Å². The summed E-state index contributed by atoms with van der Waals surface area (Å²) in [6.45, 7) is 0.919. The molecule has 0 unspecified atom stereocenters. The van der Waals surface area contributed by atoms with Gasteiger partial charge < -0.3 is 10.5 Å². The molecule has 0 fully saturated rings. The standard InChI is InChI=1S/C17H20FNO/c18-16-9-10-17(15(12-16)13-19)20-11-5-4-8-14-6-2-1-3-7-14/h1-3,6-7,9-10,12H,4-5,8,11,13,19H2. The van der Waals surface area contributed by atoms with E-state index in [9.17, 15) is 4.39 Å². The summed E-state index contributed by atoms with van der Waals surface area (Å²) in [4.78, 5) is 0. The first-order chi connectivity index (χ1) is 9.79. The largest absolute Gasteiger partial charge is 0.493 e. The number of hydrogen-bond donors (Lipinski definition) is 1. The van der Waals surface area contributed by atoms with Crippen molar-refractivity contribution in [3.63, 3.8) is 0 Å². The highest BCUT2D eigenvalue weighted by Crippen LogP contribution is 2.19. The molecule has 0 aliphatic rings. The summed E-state index contributed by atoms with van der Waals surface area (Å²) in [5.41, 5.74) is 7.64. The van der Waals surface area contributed by atoms with Gasteiger partial charge in [-0.05, 0) is 43.0 Å². The van der Waals surface area contributed by atoms with Gasteiger partial charge in [-0.1, -0.05) is 30.3 Å². The van der Waals surface area contributed by atoms with Crippen LogP contribution in [-0.4, -0.2) is 6.61 Å². The summed E-state index contributed by atoms with van der Waals surface area (Å²) in [5.74, 6) is 0.412. The molecule has 2 N–H and O–H groups in total. The van der Waals surface area contributed by atoms with Crippen LogP contribution in [0.25, 0.3) is 0 Å². The highest BCUT2D eigenvalue weighted by atomic mass is 19.1. The summed E-state index contributed by atoms with van der Waals surface area (Å²) < 4.78 is 18.7. The Kier molecular flexibility index (Phi) is 5.56. The van der Waals surface area contributed by atoms with E-state index in [2.05, 4.69) is 24.3 Å². The van der Waals surface area contributed by atoms with Crippen LogP contribution in [0.5, 0.6) is 5.75 Å². The quantitative estimate of drug-likeness (QED) is 0.781. The first-order valence-electron chi connectivity index (χ1n) is 6.95. The van der Waals surface area contributed by atoms with Gasteiger partial charge in [0.05, 0.1) is 6.61 Å². The Labute approximate surface area is 119 Å². The molecule has 0 heterocycles. The van der Waals surface area contributed by atoms with Crippen LogP contribution in [0, 0.1) is 5.82 Å². The van der Waals surface area contributed by atoms with Gasteiger partial charge in [0.15, 0.2) is 0 Å². The van der Waals surface area contributed by atoms with E-state index in [1.807, 2.05) is 6.07 Å². The number of hydrogen-bond acceptors (Lipinski definition) is 2. The predicted octanol–water partition coefficient (Wildman–Crippen LogP) is 3.69. The second kappa shape index (κ2) is 7.65. The summed E-state index contributed by atoms with van der Waals surface area (Å²) in [6.07, 6.45) is 3.09. The highest BCUT2D eigenvalue weighted by molar-refractivity contribution is 5.33. The predicted molar refractivity (Wildman–Crippen MR) is 79.2 cm³/mol. The zero-order valence-corrected chi connectivity index (χ0v) is 11.5. The lowest BCUT2D eigenvalue weighted by Crippen LogP contribution is -2.04. The van der Waals surface area contributed by atoms with E-state index in [4.69, 9.17) is 10.5 Å². The van der Waals surface area contributed by atoms with E-state index in [0.717, 1.165) is 19.3 Å². The third-order valence-corrected chi connectivity index (χ3v) is 3.20. The number of aryl methyl sites for hydroxylation is 1. The van der Waals surface area contributed by atoms with E-state index in [0.29, 0.717) is 17.9 Å². The van der Waals surface area contributed by atoms with Crippen LogP contribution in [0.1, 0.15) is 24.0 Å². The SMILES string of the molecule is NCc1cc(F)ccc1OCCCCc1ccccc1. The minimum Gasteiger partial charge on any atom is -0.493 e. The molecule has 0 saturated heterocycles. The summed E-state index contributed by atoms with van der Waals surface area (Å²) in [7, 11) is 0. The van der Waals surface area contributed by atoms with Crippen molar-refractivity contribution in [1.29, 1.82) is 0 Å². The lowest BCUT2D eigenvalue weighted by atomic mass is 10.1. The molecule has 0 bridgehead atoms. The third-order valence-electron chi connectivity index (χ3n) is 3.20. The van der Waals surface area contributed by atoms with E-state index in [1.165, 1.54) is 17.7 Å². The zero-order valence-electron chi connectivity index (χ0n) is 11.5. The van der Waals surface area contributed by atoms with Gasteiger partial charge in [0.2, 0.25) is 0 Å². The number of rotatable bonds is 7. The van der Waals surface area contributed by atoms with Crippen LogP contribution in [0.2, 0.25) is 0 Å². The van der Waals surface area contributed by atoms with Crippen molar-refractivity contribution < 1.29 is 9.13 Å². The second-order valence-corrected chi connectivity index (χ2v) is 4.75. The first kappa shape index (κ1) is 14.5. The first-order valence-corrected chi connectivity index (χ1v) is 6.95. The monoisotopic (exact) mass is 273 g/mol. The van der Waals surface area contributed by atoms with Gasteiger partial charge >= 0.3 is 0 Å². The molecule has 2 nitrogen and oxygen atoms in total. The average Bonchev–Trinajstić information content (AvgIpc) is 2.49. The molecule has 0 radical (unpaired) electrons. The number of benzene rings is 2. The molecule has 0 aliphatic carbocycles. The van der Waals surface area contributed by atoms with E-state index in [1.54, 1.807) is 6.07 Å². The fourth-order valence-corrected chi connectivity index (χ4v) is 2.11. The van der Waals surface area contributed by atoms with Crippen LogP contribution in [-0.2, 0) is 13.0 Å². The van der Waals surface area contributed by atoms with Gasteiger partial charge in [0, 0.05) is 12.1 Å². The lowest BCUT2D eigenvalue weighted by Gasteiger charge is -2.10. The number of halogens is 1. The van der Waals surface area contributed by atoms with Crippen LogP contribution in [0.4, 0.5) is 4.39 Å². The summed E-state index contributed by atoms with van der Waals surface area (Å²) in [5, 5.41) is 0. The number of ether oxygens (including phenoxy) is 1. The van der Waals surface area contributed by atoms with Crippen molar-refractivity contribution in [1.82, 2.24) is 0 Å². The molecule has 0 saturated carbocycles. The maximum atomic E-state index is 13.1. The smallest absolute Gasteiger partial charge is 0.123 e. The van der Waals surface area contributed by atoms with Gasteiger partial charge in [-0.15, -0.1) is 0 Å². The van der Waals surface area contributed by atoms with Crippen LogP contribution in [0.3, 0.4) is 0 Å². The van der Waals surface area contributed by atoms with E-state index < -0.39 is 0 Å². The fraction of sp³-hybridized carbons (Fsp3) is 0.294. The van der Waals surface area contributed by atoms with Gasteiger partial charge in [0.1, 0.15) is 11.6 Å². The Morgan fingerprint density at radius 2 is 1.80 bits per heavy atom. The molecule has 2 aromatic carbocycles. The molecule has 0 aromatic heterocycles. The Morgan fingerprint density at radius 1 is 1.00 bits per heavy atom. The number of unbranched alkanes of at least 4 members (excludes halogenated alkanes) is 1. The van der Waals surface area contributed by atoms with Gasteiger partial charge in [-0.2, -0.15) is 0 Å². The highest BCUT2D eigenvalue weighted by Gasteiger charge is 2.03. The van der Waals surface area contributed by atoms with Crippen molar-refractivity contribution in [3.8, 4) is 5.75 Å². The topological polar surface area (TPSA) is 35.2 Å². The van der Waals surface area contributed by atoms with E-state index in [-0.39, 0.29) is 12.4 Å². The van der Waals surface area contributed by atoms with Gasteiger partial charge in [0.25, 0.3) is 0 Å². The fourth-order valence-electron chi connectivity index (χ4n) is 2.11. The Hall–Kier alpha value is -1.87. The molecule has 3 heteroatoms. The normalized spacial score (nSPS) is 10.5. The van der Waals surface area contributed by atoms with E-state index >= 15 is 0 Å². The van der Waals surface area contributed by atoms with Crippen molar-refractivity contribution in [2.24, 2.45) is 5.73 Å². The molecular formula is C17H20FNO. The Balaban J connectivity index is 1.73. The Morgan fingerprint density at radius 3 is 2.55 bits per heavy atom. The minimum absolute atomic E-state index is 0.276. The molecule has 20 heavy (non-hydrogen) atoms. The molecule has 0 amide bonds. The van der Waals surface area contributed by atoms with Crippen molar-refractivity contribution in [2.45, 2.75) is 25.8 Å². The second-order valence-electron chi connectivity index (χ2n) is 4.75. The maximum Gasteiger partial charge on any atom is 0.123 e. The molecule has 106 valence electrons.